The Kier molecular flexibility index (Phi) is 5.46. The maximum Gasteiger partial charge on any atom is 0.257 e. The molecule has 1 aromatic carbocycles. The Morgan fingerprint density at radius 1 is 1.07 bits per heavy atom. The second kappa shape index (κ2) is 8.06. The van der Waals surface area contributed by atoms with Crippen LogP contribution in [0.15, 0.2) is 33.4 Å². The molecule has 2 aliphatic rings. The van der Waals surface area contributed by atoms with E-state index < -0.39 is 5.92 Å². The lowest BCUT2D eigenvalue weighted by atomic mass is 9.76. The van der Waals surface area contributed by atoms with Crippen LogP contribution in [0.4, 0.5) is 5.82 Å². The summed E-state index contributed by atoms with van der Waals surface area (Å²) in [7, 11) is 4.60. The number of anilines is 1. The molecule has 2 heterocycles. The highest BCUT2D eigenvalue weighted by atomic mass is 32.2. The number of Topliss-reactive ketones (excluding diaryl/α,β-unsaturated/α-hetero) is 1. The number of carbonyl (C=O) groups is 1. The molecule has 0 radical (unpaired) electrons. The van der Waals surface area contributed by atoms with Crippen molar-refractivity contribution in [2.24, 2.45) is 0 Å². The molecule has 0 bridgehead atoms. The number of thioether (sulfide) groups is 1. The van der Waals surface area contributed by atoms with Crippen LogP contribution >= 0.6 is 11.8 Å². The molecular weight excluding hydrogens is 406 g/mol. The fraction of sp³-hybridized carbons (Fsp3) is 0.381. The lowest BCUT2D eigenvalue weighted by molar-refractivity contribution is -0.116. The quantitative estimate of drug-likeness (QED) is 0.552. The first kappa shape index (κ1) is 20.3. The second-order valence-corrected chi connectivity index (χ2v) is 7.82. The van der Waals surface area contributed by atoms with E-state index >= 15 is 0 Å². The minimum atomic E-state index is -0.579. The maximum absolute atomic E-state index is 13.1. The highest BCUT2D eigenvalue weighted by Crippen LogP contribution is 2.47. The number of hydrogen-bond donors (Lipinski definition) is 2. The van der Waals surface area contributed by atoms with Crippen molar-refractivity contribution >= 4 is 23.4 Å². The summed E-state index contributed by atoms with van der Waals surface area (Å²) in [5.41, 5.74) is 2.27. The van der Waals surface area contributed by atoms with Gasteiger partial charge in [-0.3, -0.25) is 9.59 Å². The van der Waals surface area contributed by atoms with Gasteiger partial charge >= 0.3 is 0 Å². The van der Waals surface area contributed by atoms with E-state index in [9.17, 15) is 9.59 Å². The Labute approximate surface area is 178 Å². The molecule has 0 spiro atoms. The van der Waals surface area contributed by atoms with Crippen LogP contribution in [0.2, 0.25) is 0 Å². The highest BCUT2D eigenvalue weighted by molar-refractivity contribution is 7.98. The maximum atomic E-state index is 13.1. The Bertz CT molecular complexity index is 1080. The number of ether oxygens (including phenoxy) is 3. The van der Waals surface area contributed by atoms with Gasteiger partial charge in [-0.15, -0.1) is 0 Å². The normalized spacial score (nSPS) is 17.7. The number of ketones is 1. The van der Waals surface area contributed by atoms with Gasteiger partial charge in [-0.05, 0) is 36.8 Å². The van der Waals surface area contributed by atoms with E-state index in [4.69, 9.17) is 14.2 Å². The summed E-state index contributed by atoms with van der Waals surface area (Å²) in [5.74, 6) is 1.30. The van der Waals surface area contributed by atoms with Crippen LogP contribution in [0, 0.1) is 0 Å². The van der Waals surface area contributed by atoms with Crippen molar-refractivity contribution in [2.45, 2.75) is 30.3 Å². The highest BCUT2D eigenvalue weighted by Gasteiger charge is 2.38. The van der Waals surface area contributed by atoms with Crippen LogP contribution in [0.3, 0.4) is 0 Å². The minimum Gasteiger partial charge on any atom is -0.493 e. The second-order valence-electron chi connectivity index (χ2n) is 7.02. The predicted molar refractivity (Wildman–Crippen MR) is 114 cm³/mol. The van der Waals surface area contributed by atoms with Gasteiger partial charge in [-0.25, -0.2) is 4.98 Å². The number of rotatable bonds is 5. The molecule has 0 saturated heterocycles. The fourth-order valence-electron chi connectivity index (χ4n) is 4.14. The van der Waals surface area contributed by atoms with E-state index in [0.29, 0.717) is 51.3 Å². The van der Waals surface area contributed by atoms with Gasteiger partial charge in [-0.2, -0.15) is 0 Å². The zero-order chi connectivity index (χ0) is 21.4. The molecule has 0 amide bonds. The van der Waals surface area contributed by atoms with E-state index in [0.717, 1.165) is 18.5 Å². The smallest absolute Gasteiger partial charge is 0.257 e. The van der Waals surface area contributed by atoms with E-state index in [-0.39, 0.29) is 11.3 Å². The number of fused-ring (bicyclic) bond motifs is 1. The summed E-state index contributed by atoms with van der Waals surface area (Å²) in [6.07, 6.45) is 3.79. The van der Waals surface area contributed by atoms with Gasteiger partial charge in [0.25, 0.3) is 5.56 Å². The zero-order valence-corrected chi connectivity index (χ0v) is 18.1. The number of benzene rings is 1. The van der Waals surface area contributed by atoms with Gasteiger partial charge in [0, 0.05) is 23.6 Å². The van der Waals surface area contributed by atoms with Crippen molar-refractivity contribution in [3.05, 3.63) is 44.9 Å². The molecule has 0 fully saturated rings. The van der Waals surface area contributed by atoms with Crippen LogP contribution in [-0.2, 0) is 4.79 Å². The fourth-order valence-corrected chi connectivity index (χ4v) is 4.52. The topological polar surface area (TPSA) is 103 Å². The Morgan fingerprint density at radius 2 is 1.77 bits per heavy atom. The lowest BCUT2D eigenvalue weighted by Crippen LogP contribution is -2.32. The van der Waals surface area contributed by atoms with Crippen molar-refractivity contribution in [3.63, 3.8) is 0 Å². The van der Waals surface area contributed by atoms with E-state index in [1.165, 1.54) is 33.1 Å². The summed E-state index contributed by atoms with van der Waals surface area (Å²) in [5, 5.41) is 3.77. The Balaban J connectivity index is 2.01. The molecule has 1 aromatic heterocycles. The van der Waals surface area contributed by atoms with Crippen LogP contribution < -0.4 is 25.1 Å². The molecular formula is C21H23N3O5S. The Morgan fingerprint density at radius 3 is 2.37 bits per heavy atom. The summed E-state index contributed by atoms with van der Waals surface area (Å²) < 4.78 is 16.4. The first-order valence-electron chi connectivity index (χ1n) is 9.53. The molecule has 30 heavy (non-hydrogen) atoms. The molecule has 0 saturated carbocycles. The summed E-state index contributed by atoms with van der Waals surface area (Å²) in [6.45, 7) is 0. The molecule has 9 heteroatoms. The molecule has 158 valence electrons. The molecule has 4 rings (SSSR count). The van der Waals surface area contributed by atoms with Crippen molar-refractivity contribution < 1.29 is 19.0 Å². The third-order valence-corrected chi connectivity index (χ3v) is 6.03. The van der Waals surface area contributed by atoms with Gasteiger partial charge in [-0.1, -0.05) is 11.8 Å². The number of hydrogen-bond acceptors (Lipinski definition) is 8. The lowest BCUT2D eigenvalue weighted by Gasteiger charge is -2.33. The average Bonchev–Trinajstić information content (AvgIpc) is 2.76. The van der Waals surface area contributed by atoms with Gasteiger partial charge in [0.15, 0.2) is 22.4 Å². The largest absolute Gasteiger partial charge is 0.493 e. The number of H-pyrrole nitrogens is 1. The van der Waals surface area contributed by atoms with Crippen LogP contribution in [0.1, 0.15) is 36.3 Å². The molecule has 1 atom stereocenters. The summed E-state index contributed by atoms with van der Waals surface area (Å²) in [4.78, 5) is 33.4. The van der Waals surface area contributed by atoms with Gasteiger partial charge in [0.1, 0.15) is 5.82 Å². The van der Waals surface area contributed by atoms with Crippen molar-refractivity contribution in [2.75, 3.05) is 32.9 Å². The van der Waals surface area contributed by atoms with Crippen LogP contribution in [0.5, 0.6) is 17.2 Å². The third-order valence-electron chi connectivity index (χ3n) is 5.45. The predicted octanol–water partition coefficient (Wildman–Crippen LogP) is 3.08. The van der Waals surface area contributed by atoms with E-state index in [1.807, 2.05) is 6.26 Å². The first-order chi connectivity index (χ1) is 14.5. The van der Waals surface area contributed by atoms with Gasteiger partial charge < -0.3 is 24.5 Å². The standard InChI is InChI=1S/C21H23N3O5S/c1-27-13-8-10(9-14(28-2)18(13)29-3)15-16-11(6-5-7-12(16)25)22-19-17(15)20(26)24-21(23-19)30-4/h8-9,15H,5-7H2,1-4H3,(H2,22,23,24,26)/t15-/m1/s1. The molecule has 2 N–H and O–H groups in total. The number of nitrogens with zero attached hydrogens (tertiary/aromatic N) is 1. The number of aromatic nitrogens is 2. The Hall–Kier alpha value is -2.94. The number of aromatic amines is 1. The monoisotopic (exact) mass is 429 g/mol. The molecule has 8 nitrogen and oxygen atoms in total. The summed E-state index contributed by atoms with van der Waals surface area (Å²) in [6, 6.07) is 3.57. The van der Waals surface area contributed by atoms with Crippen molar-refractivity contribution in [1.29, 1.82) is 0 Å². The van der Waals surface area contributed by atoms with E-state index in [1.54, 1.807) is 12.1 Å². The van der Waals surface area contributed by atoms with Crippen molar-refractivity contribution in [3.8, 4) is 17.2 Å². The van der Waals surface area contributed by atoms with Crippen LogP contribution in [-0.4, -0.2) is 43.3 Å². The zero-order valence-electron chi connectivity index (χ0n) is 17.3. The first-order valence-corrected chi connectivity index (χ1v) is 10.8. The third kappa shape index (κ3) is 3.23. The number of allylic oxidation sites excluding steroid dienone is 2. The minimum absolute atomic E-state index is 0.0292. The molecule has 1 aliphatic heterocycles. The summed E-state index contributed by atoms with van der Waals surface area (Å²) >= 11 is 1.35. The molecule has 1 aliphatic carbocycles. The van der Waals surface area contributed by atoms with Crippen LogP contribution in [0.25, 0.3) is 0 Å². The van der Waals surface area contributed by atoms with Crippen molar-refractivity contribution in [1.82, 2.24) is 9.97 Å². The van der Waals surface area contributed by atoms with E-state index in [2.05, 4.69) is 15.3 Å². The number of nitrogens with one attached hydrogen (secondary N) is 2. The average molecular weight is 429 g/mol. The number of carbonyl (C=O) groups excluding carboxylic acids is 1. The SMILES string of the molecule is COc1cc([C@@H]2C3=C(CCCC3=O)Nc3nc(SC)[nH]c(=O)c32)cc(OC)c1OC. The molecule has 0 unspecified atom stereocenters. The number of methoxy groups -OCH3 is 3. The van der Waals surface area contributed by atoms with Gasteiger partial charge in [0.2, 0.25) is 5.75 Å². The van der Waals surface area contributed by atoms with Gasteiger partial charge in [0.05, 0.1) is 26.9 Å². The molecule has 2 aromatic rings.